The number of hydrogen-bond donors (Lipinski definition) is 1. The lowest BCUT2D eigenvalue weighted by Crippen LogP contribution is -2.16. The van der Waals surface area contributed by atoms with Crippen molar-refractivity contribution in [3.05, 3.63) is 45.0 Å². The number of carbonyl (C=O) groups is 2. The number of thiophene rings is 2. The van der Waals surface area contributed by atoms with Gasteiger partial charge in [-0.1, -0.05) is 24.8 Å². The van der Waals surface area contributed by atoms with Crippen LogP contribution in [-0.2, 0) is 28.9 Å². The highest BCUT2D eigenvalue weighted by Gasteiger charge is 2.25. The molecule has 7 nitrogen and oxygen atoms in total. The number of nitrogens with one attached hydrogen (secondary N) is 1. The number of amides is 1. The van der Waals surface area contributed by atoms with Crippen molar-refractivity contribution in [1.82, 2.24) is 14.8 Å². The number of nitrogens with zero attached hydrogens (tertiary/aromatic N) is 3. The van der Waals surface area contributed by atoms with E-state index in [0.717, 1.165) is 29.1 Å². The molecule has 0 fully saturated rings. The van der Waals surface area contributed by atoms with Gasteiger partial charge in [0.2, 0.25) is 5.91 Å². The number of carbonyl (C=O) groups excluding carboxylic acids is 2. The molecule has 1 amide bonds. The number of anilines is 1. The van der Waals surface area contributed by atoms with Gasteiger partial charge in [-0.3, -0.25) is 9.36 Å². The molecule has 0 saturated carbocycles. The number of thioether (sulfide) groups is 1. The van der Waals surface area contributed by atoms with Gasteiger partial charge in [-0.25, -0.2) is 4.79 Å². The number of allylic oxidation sites excluding steroid dienone is 1. The van der Waals surface area contributed by atoms with Gasteiger partial charge >= 0.3 is 5.97 Å². The molecular weight excluding hydrogens is 476 g/mol. The average molecular weight is 503 g/mol. The van der Waals surface area contributed by atoms with Crippen LogP contribution >= 0.6 is 34.4 Å². The van der Waals surface area contributed by atoms with Gasteiger partial charge in [0.15, 0.2) is 11.0 Å². The Balaban J connectivity index is 1.50. The molecule has 3 aromatic heterocycles. The van der Waals surface area contributed by atoms with Crippen LogP contribution < -0.4 is 5.32 Å². The molecule has 174 valence electrons. The predicted octanol–water partition coefficient (Wildman–Crippen LogP) is 5.20. The third-order valence-corrected chi connectivity index (χ3v) is 8.50. The molecule has 0 radical (unpaired) electrons. The molecule has 0 bridgehead atoms. The van der Waals surface area contributed by atoms with E-state index in [4.69, 9.17) is 4.74 Å². The number of ether oxygens (including phenoxy) is 1. The smallest absolute Gasteiger partial charge is 0.340 e. The molecule has 1 N–H and O–H groups in total. The first-order chi connectivity index (χ1) is 15.9. The van der Waals surface area contributed by atoms with Crippen molar-refractivity contribution < 1.29 is 14.3 Å². The van der Waals surface area contributed by atoms with Crippen molar-refractivity contribution in [2.24, 2.45) is 5.92 Å². The lowest BCUT2D eigenvalue weighted by Gasteiger charge is -2.19. The molecule has 3 aromatic rings. The van der Waals surface area contributed by atoms with Crippen LogP contribution in [0.25, 0.3) is 11.4 Å². The first-order valence-corrected chi connectivity index (χ1v) is 13.3. The van der Waals surface area contributed by atoms with E-state index < -0.39 is 5.97 Å². The van der Waals surface area contributed by atoms with Crippen LogP contribution in [0.4, 0.5) is 5.00 Å². The van der Waals surface area contributed by atoms with Gasteiger partial charge in [0.25, 0.3) is 0 Å². The number of hydrogen-bond acceptors (Lipinski definition) is 8. The van der Waals surface area contributed by atoms with Gasteiger partial charge in [0.1, 0.15) is 5.00 Å². The largest absolute Gasteiger partial charge is 0.465 e. The van der Waals surface area contributed by atoms with Crippen LogP contribution in [0.2, 0.25) is 0 Å². The molecule has 0 aliphatic heterocycles. The molecule has 0 spiro atoms. The molecule has 1 unspecified atom stereocenters. The van der Waals surface area contributed by atoms with Gasteiger partial charge in [-0.05, 0) is 43.7 Å². The minimum atomic E-state index is -0.467. The van der Waals surface area contributed by atoms with Crippen LogP contribution in [0.3, 0.4) is 0 Å². The highest BCUT2D eigenvalue weighted by Crippen LogP contribution is 2.38. The van der Waals surface area contributed by atoms with E-state index in [9.17, 15) is 9.59 Å². The summed E-state index contributed by atoms with van der Waals surface area (Å²) >= 11 is 4.47. The molecular formula is C23H26N4O3S3. The molecule has 3 heterocycles. The highest BCUT2D eigenvalue weighted by atomic mass is 32.2. The summed E-state index contributed by atoms with van der Waals surface area (Å²) in [6, 6.07) is 1.72. The van der Waals surface area contributed by atoms with E-state index in [0.29, 0.717) is 28.2 Å². The summed E-state index contributed by atoms with van der Waals surface area (Å²) in [7, 11) is 1.33. The molecule has 1 aliphatic carbocycles. The Hall–Kier alpha value is -2.43. The SMILES string of the molecule is C=CCn1c(SCC(=O)Nc2sc(C)cc2C(=O)OC)nnc1-c1csc2c1CCC(C)C2. The van der Waals surface area contributed by atoms with Crippen LogP contribution in [0.5, 0.6) is 0 Å². The van der Waals surface area contributed by atoms with Gasteiger partial charge in [-0.2, -0.15) is 0 Å². The predicted molar refractivity (Wildman–Crippen MR) is 134 cm³/mol. The zero-order valence-corrected chi connectivity index (χ0v) is 21.3. The number of esters is 1. The van der Waals surface area contributed by atoms with Crippen molar-refractivity contribution in [1.29, 1.82) is 0 Å². The number of methoxy groups -OCH3 is 1. The number of fused-ring (bicyclic) bond motifs is 1. The molecule has 1 atom stereocenters. The quantitative estimate of drug-likeness (QED) is 0.259. The topological polar surface area (TPSA) is 86.1 Å². The summed E-state index contributed by atoms with van der Waals surface area (Å²) in [4.78, 5) is 27.0. The van der Waals surface area contributed by atoms with Crippen molar-refractivity contribution in [2.45, 2.75) is 44.8 Å². The maximum atomic E-state index is 12.6. The molecule has 0 saturated heterocycles. The second-order valence-corrected chi connectivity index (χ2v) is 11.2. The van der Waals surface area contributed by atoms with Crippen LogP contribution in [0.1, 0.15) is 39.0 Å². The first kappa shape index (κ1) is 23.7. The normalized spacial score (nSPS) is 15.2. The number of aryl methyl sites for hydroxylation is 1. The Labute approximate surface area is 205 Å². The molecule has 4 rings (SSSR count). The lowest BCUT2D eigenvalue weighted by atomic mass is 9.88. The Morgan fingerprint density at radius 3 is 3.00 bits per heavy atom. The maximum Gasteiger partial charge on any atom is 0.340 e. The van der Waals surface area contributed by atoms with Crippen molar-refractivity contribution >= 4 is 51.3 Å². The molecule has 0 aromatic carbocycles. The fraction of sp³-hybridized carbons (Fsp3) is 0.391. The molecule has 1 aliphatic rings. The van der Waals surface area contributed by atoms with Gasteiger partial charge in [-0.15, -0.1) is 39.4 Å². The van der Waals surface area contributed by atoms with Crippen molar-refractivity contribution in [3.8, 4) is 11.4 Å². The van der Waals surface area contributed by atoms with Crippen LogP contribution in [-0.4, -0.2) is 39.5 Å². The summed E-state index contributed by atoms with van der Waals surface area (Å²) in [5, 5.41) is 15.0. The fourth-order valence-corrected chi connectivity index (χ4v) is 6.82. The summed E-state index contributed by atoms with van der Waals surface area (Å²) in [6.07, 6.45) is 5.18. The van der Waals surface area contributed by atoms with E-state index >= 15 is 0 Å². The van der Waals surface area contributed by atoms with Crippen LogP contribution in [0, 0.1) is 12.8 Å². The zero-order chi connectivity index (χ0) is 23.5. The molecule has 10 heteroatoms. The van der Waals surface area contributed by atoms with Gasteiger partial charge in [0.05, 0.1) is 18.4 Å². The van der Waals surface area contributed by atoms with Crippen molar-refractivity contribution in [2.75, 3.05) is 18.2 Å². The Morgan fingerprint density at radius 2 is 2.24 bits per heavy atom. The monoisotopic (exact) mass is 502 g/mol. The third kappa shape index (κ3) is 5.07. The standard InChI is InChI=1S/C23H26N4O3S3/c1-5-8-27-20(17-11-31-18-9-13(2)6-7-15(17)18)25-26-23(27)32-12-19(28)24-21-16(22(29)30-4)10-14(3)33-21/h5,10-11,13H,1,6-9,12H2,2-4H3,(H,24,28). The zero-order valence-electron chi connectivity index (χ0n) is 18.8. The maximum absolute atomic E-state index is 12.6. The Bertz CT molecular complexity index is 1190. The van der Waals surface area contributed by atoms with Crippen molar-refractivity contribution in [3.63, 3.8) is 0 Å². The number of aromatic nitrogens is 3. The number of rotatable bonds is 8. The average Bonchev–Trinajstić information content (AvgIpc) is 3.48. The lowest BCUT2D eigenvalue weighted by molar-refractivity contribution is -0.113. The molecule has 33 heavy (non-hydrogen) atoms. The minimum Gasteiger partial charge on any atom is -0.465 e. The Kier molecular flexibility index (Phi) is 7.35. The van der Waals surface area contributed by atoms with E-state index in [1.807, 2.05) is 17.6 Å². The first-order valence-electron chi connectivity index (χ1n) is 10.7. The second kappa shape index (κ2) is 10.2. The van der Waals surface area contributed by atoms with E-state index in [1.165, 1.54) is 47.1 Å². The van der Waals surface area contributed by atoms with Crippen LogP contribution in [0.15, 0.2) is 29.3 Å². The van der Waals surface area contributed by atoms with Gasteiger partial charge in [0, 0.05) is 27.2 Å². The van der Waals surface area contributed by atoms with E-state index in [1.54, 1.807) is 17.4 Å². The third-order valence-electron chi connectivity index (χ3n) is 5.52. The fourth-order valence-electron chi connectivity index (χ4n) is 3.91. The van der Waals surface area contributed by atoms with E-state index in [2.05, 4.69) is 34.4 Å². The summed E-state index contributed by atoms with van der Waals surface area (Å²) < 4.78 is 6.82. The summed E-state index contributed by atoms with van der Waals surface area (Å²) in [5.74, 6) is 1.000. The second-order valence-electron chi connectivity index (χ2n) is 8.03. The Morgan fingerprint density at radius 1 is 1.42 bits per heavy atom. The summed E-state index contributed by atoms with van der Waals surface area (Å²) in [6.45, 7) is 8.62. The van der Waals surface area contributed by atoms with Gasteiger partial charge < -0.3 is 10.1 Å². The summed E-state index contributed by atoms with van der Waals surface area (Å²) in [5.41, 5.74) is 2.89. The minimum absolute atomic E-state index is 0.145. The van der Waals surface area contributed by atoms with E-state index in [-0.39, 0.29) is 11.7 Å². The highest BCUT2D eigenvalue weighted by molar-refractivity contribution is 7.99.